The van der Waals surface area contributed by atoms with Crippen molar-refractivity contribution in [2.45, 2.75) is 18.4 Å². The molecule has 20 heavy (non-hydrogen) atoms. The zero-order valence-electron chi connectivity index (χ0n) is 10.5. The Kier molecular flexibility index (Phi) is 3.58. The lowest BCUT2D eigenvalue weighted by molar-refractivity contribution is 0.387. The van der Waals surface area contributed by atoms with E-state index in [0.717, 1.165) is 12.0 Å². The maximum atomic E-state index is 14.2. The van der Waals surface area contributed by atoms with E-state index in [0.29, 0.717) is 0 Å². The van der Waals surface area contributed by atoms with Crippen molar-refractivity contribution in [2.24, 2.45) is 5.84 Å². The Morgan fingerprint density at radius 2 is 1.95 bits per heavy atom. The highest BCUT2D eigenvalue weighted by atomic mass is 79.9. The number of nitrogens with two attached hydrogens (primary N) is 1. The van der Waals surface area contributed by atoms with Gasteiger partial charge in [-0.2, -0.15) is 0 Å². The summed E-state index contributed by atoms with van der Waals surface area (Å²) in [4.78, 5) is 0. The van der Waals surface area contributed by atoms with Gasteiger partial charge in [-0.3, -0.25) is 11.3 Å². The molecule has 0 heterocycles. The Morgan fingerprint density at radius 1 is 1.20 bits per heavy atom. The molecule has 2 nitrogen and oxygen atoms in total. The van der Waals surface area contributed by atoms with Crippen LogP contribution in [0.4, 0.5) is 8.78 Å². The molecular formula is C15H13BrF2N2. The molecule has 0 spiro atoms. The molecule has 104 valence electrons. The summed E-state index contributed by atoms with van der Waals surface area (Å²) in [5.74, 6) is 4.36. The lowest BCUT2D eigenvalue weighted by atomic mass is 9.72. The van der Waals surface area contributed by atoms with Gasteiger partial charge in [0.05, 0.1) is 10.5 Å². The Labute approximate surface area is 124 Å². The van der Waals surface area contributed by atoms with Gasteiger partial charge in [-0.1, -0.05) is 24.3 Å². The lowest BCUT2D eigenvalue weighted by Crippen LogP contribution is -2.38. The molecule has 0 fully saturated rings. The first kappa shape index (κ1) is 13.7. The molecule has 0 bridgehead atoms. The fourth-order valence-electron chi connectivity index (χ4n) is 2.82. The van der Waals surface area contributed by atoms with E-state index in [1.165, 1.54) is 17.7 Å². The van der Waals surface area contributed by atoms with Crippen molar-refractivity contribution in [3.05, 3.63) is 69.2 Å². The standard InChI is InChI=1S/C15H13BrF2N2/c16-11-5-6-12(17)13(14(11)18)15(20-19)10-7-8-3-1-2-4-9(8)10/h1-6,10,15,20H,7,19H2. The fourth-order valence-corrected chi connectivity index (χ4v) is 3.17. The van der Waals surface area contributed by atoms with Gasteiger partial charge in [0, 0.05) is 11.5 Å². The summed E-state index contributed by atoms with van der Waals surface area (Å²) in [5, 5.41) is 0. The third-order valence-electron chi connectivity index (χ3n) is 3.87. The maximum absolute atomic E-state index is 14.2. The van der Waals surface area contributed by atoms with Gasteiger partial charge in [0.1, 0.15) is 11.6 Å². The van der Waals surface area contributed by atoms with E-state index in [1.807, 2.05) is 24.3 Å². The molecule has 3 rings (SSSR count). The second-order valence-corrected chi connectivity index (χ2v) is 5.76. The number of nitrogens with one attached hydrogen (secondary N) is 1. The average molecular weight is 339 g/mol. The smallest absolute Gasteiger partial charge is 0.145 e. The van der Waals surface area contributed by atoms with Gasteiger partial charge >= 0.3 is 0 Å². The Hall–Kier alpha value is -1.30. The minimum Gasteiger partial charge on any atom is -0.271 e. The van der Waals surface area contributed by atoms with E-state index < -0.39 is 17.7 Å². The third-order valence-corrected chi connectivity index (χ3v) is 4.48. The Bertz CT molecular complexity index is 660. The number of rotatable bonds is 3. The molecule has 1 aliphatic rings. The summed E-state index contributed by atoms with van der Waals surface area (Å²) < 4.78 is 28.5. The maximum Gasteiger partial charge on any atom is 0.145 e. The van der Waals surface area contributed by atoms with E-state index in [2.05, 4.69) is 21.4 Å². The molecule has 1 aliphatic carbocycles. The monoisotopic (exact) mass is 338 g/mol. The summed E-state index contributed by atoms with van der Waals surface area (Å²) in [6.07, 6.45) is 0.760. The van der Waals surface area contributed by atoms with Gasteiger partial charge < -0.3 is 0 Å². The number of hydrogen-bond donors (Lipinski definition) is 2. The summed E-state index contributed by atoms with van der Waals surface area (Å²) in [5.41, 5.74) is 4.85. The number of hydrogen-bond acceptors (Lipinski definition) is 2. The minimum absolute atomic E-state index is 0.0126. The van der Waals surface area contributed by atoms with Crippen molar-refractivity contribution in [3.8, 4) is 0 Å². The van der Waals surface area contributed by atoms with Gasteiger partial charge in [0.15, 0.2) is 0 Å². The molecule has 0 aromatic heterocycles. The van der Waals surface area contributed by atoms with Crippen LogP contribution in [0, 0.1) is 11.6 Å². The summed E-state index contributed by atoms with van der Waals surface area (Å²) in [7, 11) is 0. The molecule has 3 N–H and O–H groups in total. The molecular weight excluding hydrogens is 326 g/mol. The summed E-state index contributed by atoms with van der Waals surface area (Å²) in [6.45, 7) is 0. The fraction of sp³-hybridized carbons (Fsp3) is 0.200. The zero-order valence-corrected chi connectivity index (χ0v) is 12.1. The van der Waals surface area contributed by atoms with E-state index in [9.17, 15) is 8.78 Å². The first-order valence-electron chi connectivity index (χ1n) is 6.30. The van der Waals surface area contributed by atoms with Crippen molar-refractivity contribution in [1.29, 1.82) is 0 Å². The van der Waals surface area contributed by atoms with Crippen molar-refractivity contribution in [3.63, 3.8) is 0 Å². The molecule has 0 aliphatic heterocycles. The number of halogens is 3. The molecule has 5 heteroatoms. The van der Waals surface area contributed by atoms with Crippen LogP contribution >= 0.6 is 15.9 Å². The van der Waals surface area contributed by atoms with Crippen LogP contribution in [0.1, 0.15) is 28.7 Å². The molecule has 0 amide bonds. The highest BCUT2D eigenvalue weighted by Gasteiger charge is 2.36. The van der Waals surface area contributed by atoms with Gasteiger partial charge in [0.2, 0.25) is 0 Å². The lowest BCUT2D eigenvalue weighted by Gasteiger charge is -2.36. The zero-order chi connectivity index (χ0) is 14.3. The number of benzene rings is 2. The van der Waals surface area contributed by atoms with Crippen molar-refractivity contribution in [1.82, 2.24) is 5.43 Å². The normalized spacial score (nSPS) is 18.3. The second-order valence-electron chi connectivity index (χ2n) is 4.91. The van der Waals surface area contributed by atoms with Gasteiger partial charge in [-0.15, -0.1) is 0 Å². The summed E-state index contributed by atoms with van der Waals surface area (Å²) >= 11 is 3.09. The van der Waals surface area contributed by atoms with Crippen LogP contribution in [0.2, 0.25) is 0 Å². The number of hydrazine groups is 1. The topological polar surface area (TPSA) is 38.0 Å². The molecule has 2 aromatic rings. The Balaban J connectivity index is 2.03. The second kappa shape index (κ2) is 5.24. The van der Waals surface area contributed by atoms with Crippen molar-refractivity contribution >= 4 is 15.9 Å². The van der Waals surface area contributed by atoms with Gasteiger partial charge in [0.25, 0.3) is 0 Å². The van der Waals surface area contributed by atoms with E-state index in [1.54, 1.807) is 0 Å². The highest BCUT2D eigenvalue weighted by Crippen LogP contribution is 2.44. The third kappa shape index (κ3) is 2.06. The number of fused-ring (bicyclic) bond motifs is 1. The van der Waals surface area contributed by atoms with E-state index in [-0.39, 0.29) is 16.0 Å². The largest absolute Gasteiger partial charge is 0.271 e. The first-order valence-corrected chi connectivity index (χ1v) is 7.10. The van der Waals surface area contributed by atoms with Crippen molar-refractivity contribution < 1.29 is 8.78 Å². The molecule has 0 saturated heterocycles. The molecule has 0 saturated carbocycles. The quantitative estimate of drug-likeness (QED) is 0.510. The van der Waals surface area contributed by atoms with Crippen LogP contribution in [-0.4, -0.2) is 0 Å². The SMILES string of the molecule is NNC(c1c(F)ccc(Br)c1F)C1Cc2ccccc21. The molecule has 2 unspecified atom stereocenters. The molecule has 2 atom stereocenters. The average Bonchev–Trinajstić information content (AvgIpc) is 2.43. The van der Waals surface area contributed by atoms with Crippen molar-refractivity contribution in [2.75, 3.05) is 0 Å². The molecule has 2 aromatic carbocycles. The van der Waals surface area contributed by atoms with Crippen LogP contribution in [-0.2, 0) is 6.42 Å². The van der Waals surface area contributed by atoms with Crippen LogP contribution in [0.25, 0.3) is 0 Å². The van der Waals surface area contributed by atoms with Gasteiger partial charge in [-0.05, 0) is 45.6 Å². The van der Waals surface area contributed by atoms with Crippen LogP contribution in [0.3, 0.4) is 0 Å². The van der Waals surface area contributed by atoms with E-state index in [4.69, 9.17) is 5.84 Å². The minimum atomic E-state index is -0.600. The predicted octanol–water partition coefficient (Wildman–Crippen LogP) is 3.57. The highest BCUT2D eigenvalue weighted by molar-refractivity contribution is 9.10. The van der Waals surface area contributed by atoms with Crippen LogP contribution in [0.15, 0.2) is 40.9 Å². The molecule has 0 radical (unpaired) electrons. The van der Waals surface area contributed by atoms with Crippen LogP contribution in [0.5, 0.6) is 0 Å². The van der Waals surface area contributed by atoms with E-state index >= 15 is 0 Å². The van der Waals surface area contributed by atoms with Gasteiger partial charge in [-0.25, -0.2) is 8.78 Å². The Morgan fingerprint density at radius 3 is 2.65 bits per heavy atom. The first-order chi connectivity index (χ1) is 9.63. The predicted molar refractivity (Wildman–Crippen MR) is 77.0 cm³/mol. The van der Waals surface area contributed by atoms with Crippen LogP contribution < -0.4 is 11.3 Å². The summed E-state index contributed by atoms with van der Waals surface area (Å²) in [6, 6.07) is 9.90.